The fourth-order valence-corrected chi connectivity index (χ4v) is 4.76. The minimum absolute atomic E-state index is 0.0317. The van der Waals surface area contributed by atoms with Crippen molar-refractivity contribution in [3.63, 3.8) is 0 Å². The summed E-state index contributed by atoms with van der Waals surface area (Å²) >= 11 is 0. The molecular weight excluding hydrogens is 437 g/mol. The molecule has 170 valence electrons. The molecule has 1 aromatic heterocycles. The molecule has 3 aromatic rings. The lowest BCUT2D eigenvalue weighted by molar-refractivity contribution is 0.0948. The number of carbonyl (C=O) groups excluding carboxylic acids is 1. The van der Waals surface area contributed by atoms with Crippen molar-refractivity contribution in [3.8, 4) is 5.75 Å². The van der Waals surface area contributed by atoms with Crippen LogP contribution in [0.4, 0.5) is 4.39 Å². The molecule has 1 amide bonds. The molecule has 0 aliphatic carbocycles. The predicted molar refractivity (Wildman–Crippen MR) is 119 cm³/mol. The zero-order valence-electron chi connectivity index (χ0n) is 17.7. The van der Waals surface area contributed by atoms with Gasteiger partial charge in [0, 0.05) is 36.1 Å². The fourth-order valence-electron chi connectivity index (χ4n) is 3.28. The largest absolute Gasteiger partial charge is 0.492 e. The number of H-pyrrole nitrogens is 1. The Bertz CT molecular complexity index is 1290. The number of rotatable bonds is 9. The number of sulfonamides is 1. The molecule has 1 heterocycles. The number of halogens is 1. The third-order valence-corrected chi connectivity index (χ3v) is 6.90. The first-order chi connectivity index (χ1) is 15.3. The van der Waals surface area contributed by atoms with E-state index in [0.29, 0.717) is 29.7 Å². The van der Waals surface area contributed by atoms with E-state index in [-0.39, 0.29) is 23.6 Å². The van der Waals surface area contributed by atoms with E-state index >= 15 is 0 Å². The van der Waals surface area contributed by atoms with Crippen LogP contribution in [0, 0.1) is 5.82 Å². The van der Waals surface area contributed by atoms with Gasteiger partial charge in [0.1, 0.15) is 18.2 Å². The minimum Gasteiger partial charge on any atom is -0.492 e. The topological polar surface area (TPSA) is 109 Å². The Labute approximate surface area is 185 Å². The van der Waals surface area contributed by atoms with Crippen LogP contribution in [0.2, 0.25) is 0 Å². The SMILES string of the molecule is CCN(CC)S(=O)(=O)c1ccc2[nH]c(=O)cc(C(=O)NCCOc3cccc(F)c3)c2c1. The number of hydrogen-bond donors (Lipinski definition) is 2. The van der Waals surface area contributed by atoms with Crippen molar-refractivity contribution in [3.05, 3.63) is 70.3 Å². The van der Waals surface area contributed by atoms with E-state index in [0.717, 1.165) is 6.07 Å². The molecule has 0 aliphatic heterocycles. The number of hydrogen-bond acceptors (Lipinski definition) is 5. The van der Waals surface area contributed by atoms with Crippen LogP contribution in [-0.4, -0.2) is 49.9 Å². The molecule has 2 aromatic carbocycles. The zero-order valence-corrected chi connectivity index (χ0v) is 18.5. The molecule has 0 radical (unpaired) electrons. The Hall–Kier alpha value is -3.24. The average molecular weight is 462 g/mol. The Kier molecular flexibility index (Phi) is 7.26. The molecule has 0 unspecified atom stereocenters. The van der Waals surface area contributed by atoms with Crippen molar-refractivity contribution in [2.45, 2.75) is 18.7 Å². The van der Waals surface area contributed by atoms with Crippen LogP contribution in [0.3, 0.4) is 0 Å². The number of amides is 1. The summed E-state index contributed by atoms with van der Waals surface area (Å²) < 4.78 is 45.6. The number of carbonyl (C=O) groups is 1. The molecule has 3 rings (SSSR count). The predicted octanol–water partition coefficient (Wildman–Crippen LogP) is 2.51. The van der Waals surface area contributed by atoms with E-state index in [2.05, 4.69) is 10.3 Å². The summed E-state index contributed by atoms with van der Waals surface area (Å²) in [5, 5.41) is 2.94. The van der Waals surface area contributed by atoms with Gasteiger partial charge in [-0.15, -0.1) is 0 Å². The Morgan fingerprint density at radius 2 is 1.88 bits per heavy atom. The average Bonchev–Trinajstić information content (AvgIpc) is 2.76. The summed E-state index contributed by atoms with van der Waals surface area (Å²) in [5.74, 6) is -0.662. The van der Waals surface area contributed by atoms with Crippen molar-refractivity contribution < 1.29 is 22.3 Å². The van der Waals surface area contributed by atoms with E-state index < -0.39 is 27.3 Å². The molecule has 0 atom stereocenters. The summed E-state index contributed by atoms with van der Waals surface area (Å²) in [7, 11) is -3.74. The molecule has 0 spiro atoms. The first-order valence-corrected chi connectivity index (χ1v) is 11.5. The maximum absolute atomic E-state index is 13.2. The molecule has 0 saturated carbocycles. The van der Waals surface area contributed by atoms with Gasteiger partial charge >= 0.3 is 0 Å². The second-order valence-electron chi connectivity index (χ2n) is 6.91. The first-order valence-electron chi connectivity index (χ1n) is 10.1. The monoisotopic (exact) mass is 461 g/mol. The highest BCUT2D eigenvalue weighted by atomic mass is 32.2. The van der Waals surface area contributed by atoms with Crippen LogP contribution in [0.1, 0.15) is 24.2 Å². The molecular formula is C22H24FN3O5S. The highest BCUT2D eigenvalue weighted by Gasteiger charge is 2.23. The normalized spacial score (nSPS) is 11.6. The van der Waals surface area contributed by atoms with Gasteiger partial charge in [0.15, 0.2) is 0 Å². The summed E-state index contributed by atoms with van der Waals surface area (Å²) in [6.45, 7) is 4.27. The van der Waals surface area contributed by atoms with E-state index in [4.69, 9.17) is 4.74 Å². The first kappa shape index (κ1) is 23.4. The second kappa shape index (κ2) is 9.92. The molecule has 10 heteroatoms. The zero-order chi connectivity index (χ0) is 23.3. The maximum atomic E-state index is 13.2. The van der Waals surface area contributed by atoms with Gasteiger partial charge in [-0.1, -0.05) is 19.9 Å². The van der Waals surface area contributed by atoms with E-state index in [1.54, 1.807) is 19.9 Å². The molecule has 0 saturated heterocycles. The van der Waals surface area contributed by atoms with Crippen LogP contribution in [0.25, 0.3) is 10.9 Å². The van der Waals surface area contributed by atoms with E-state index in [1.165, 1.54) is 40.7 Å². The molecule has 8 nitrogen and oxygen atoms in total. The number of fused-ring (bicyclic) bond motifs is 1. The summed E-state index contributed by atoms with van der Waals surface area (Å²) in [6, 6.07) is 11.0. The molecule has 32 heavy (non-hydrogen) atoms. The Morgan fingerprint density at radius 3 is 2.56 bits per heavy atom. The number of ether oxygens (including phenoxy) is 1. The number of aromatic amines is 1. The lowest BCUT2D eigenvalue weighted by Gasteiger charge is -2.19. The maximum Gasteiger partial charge on any atom is 0.252 e. The molecule has 2 N–H and O–H groups in total. The number of nitrogens with zero attached hydrogens (tertiary/aromatic N) is 1. The van der Waals surface area contributed by atoms with Crippen molar-refractivity contribution in [1.29, 1.82) is 0 Å². The van der Waals surface area contributed by atoms with E-state index in [9.17, 15) is 22.4 Å². The standard InChI is InChI=1S/C22H24FN3O5S/c1-3-26(4-2)32(29,30)17-8-9-20-18(13-17)19(14-21(27)25-20)22(28)24-10-11-31-16-7-5-6-15(23)12-16/h5-9,12-14H,3-4,10-11H2,1-2H3,(H,24,28)(H,25,27). The summed E-state index contributed by atoms with van der Waals surface area (Å²) in [6.07, 6.45) is 0. The van der Waals surface area contributed by atoms with Crippen LogP contribution in [0.5, 0.6) is 5.75 Å². The molecule has 0 fully saturated rings. The molecule has 0 aliphatic rings. The van der Waals surface area contributed by atoms with Gasteiger partial charge in [-0.05, 0) is 30.3 Å². The third-order valence-electron chi connectivity index (χ3n) is 4.85. The lowest BCUT2D eigenvalue weighted by atomic mass is 10.1. The number of pyridine rings is 1. The van der Waals surface area contributed by atoms with Crippen LogP contribution in [-0.2, 0) is 10.0 Å². The highest BCUT2D eigenvalue weighted by molar-refractivity contribution is 7.89. The van der Waals surface area contributed by atoms with Crippen LogP contribution < -0.4 is 15.6 Å². The number of nitrogens with one attached hydrogen (secondary N) is 2. The van der Waals surface area contributed by atoms with Gasteiger partial charge in [-0.2, -0.15) is 4.31 Å². The van der Waals surface area contributed by atoms with Crippen molar-refractivity contribution >= 4 is 26.8 Å². The van der Waals surface area contributed by atoms with Gasteiger partial charge in [-0.3, -0.25) is 9.59 Å². The number of aromatic nitrogens is 1. The smallest absolute Gasteiger partial charge is 0.252 e. The van der Waals surface area contributed by atoms with Crippen molar-refractivity contribution in [2.75, 3.05) is 26.2 Å². The minimum atomic E-state index is -3.74. The van der Waals surface area contributed by atoms with Gasteiger partial charge < -0.3 is 15.0 Å². The fraction of sp³-hybridized carbons (Fsp3) is 0.273. The number of benzene rings is 2. The molecule has 0 bridgehead atoms. The second-order valence-corrected chi connectivity index (χ2v) is 8.84. The van der Waals surface area contributed by atoms with Crippen LogP contribution >= 0.6 is 0 Å². The van der Waals surface area contributed by atoms with Crippen molar-refractivity contribution in [1.82, 2.24) is 14.6 Å². The van der Waals surface area contributed by atoms with Gasteiger partial charge in [-0.25, -0.2) is 12.8 Å². The van der Waals surface area contributed by atoms with Gasteiger partial charge in [0.2, 0.25) is 15.6 Å². The summed E-state index contributed by atoms with van der Waals surface area (Å²) in [5.41, 5.74) is -0.0960. The van der Waals surface area contributed by atoms with Crippen molar-refractivity contribution in [2.24, 2.45) is 0 Å². The van der Waals surface area contributed by atoms with Gasteiger partial charge in [0.25, 0.3) is 5.91 Å². The lowest BCUT2D eigenvalue weighted by Crippen LogP contribution is -2.31. The van der Waals surface area contributed by atoms with Gasteiger partial charge in [0.05, 0.1) is 17.0 Å². The third kappa shape index (κ3) is 5.14. The van der Waals surface area contributed by atoms with Crippen LogP contribution in [0.15, 0.2) is 58.2 Å². The Morgan fingerprint density at radius 1 is 1.12 bits per heavy atom. The highest BCUT2D eigenvalue weighted by Crippen LogP contribution is 2.23. The summed E-state index contributed by atoms with van der Waals surface area (Å²) in [4.78, 5) is 27.4. The Balaban J connectivity index is 1.83. The quantitative estimate of drug-likeness (QED) is 0.476. The van der Waals surface area contributed by atoms with E-state index in [1.807, 2.05) is 0 Å².